The molecule has 0 heterocycles. The summed E-state index contributed by atoms with van der Waals surface area (Å²) in [4.78, 5) is 3.98. The van der Waals surface area contributed by atoms with Gasteiger partial charge in [-0.1, -0.05) is 42.0 Å². The molecule has 0 saturated carbocycles. The second kappa shape index (κ2) is 8.79. The van der Waals surface area contributed by atoms with Gasteiger partial charge in [-0.2, -0.15) is 0 Å². The molecule has 0 unspecified atom stereocenters. The lowest BCUT2D eigenvalue weighted by molar-refractivity contribution is 0.594. The molecule has 0 aromatic heterocycles. The van der Waals surface area contributed by atoms with E-state index in [-0.39, 0.29) is 0 Å². The molecule has 0 bridgehead atoms. The van der Waals surface area contributed by atoms with Gasteiger partial charge in [-0.25, -0.2) is 8.42 Å². The van der Waals surface area contributed by atoms with Crippen LogP contribution in [0.2, 0.25) is 0 Å². The third-order valence-corrected chi connectivity index (χ3v) is 6.73. The van der Waals surface area contributed by atoms with Crippen LogP contribution in [0.5, 0.6) is 0 Å². The van der Waals surface area contributed by atoms with Gasteiger partial charge >= 0.3 is 0 Å². The molecule has 3 aromatic rings. The predicted octanol–water partition coefficient (Wildman–Crippen LogP) is 4.66. The van der Waals surface area contributed by atoms with E-state index in [1.54, 1.807) is 12.1 Å². The highest BCUT2D eigenvalue weighted by Gasteiger charge is 2.29. The summed E-state index contributed by atoms with van der Waals surface area (Å²) in [5.41, 5.74) is 5.11. The number of aryl methyl sites for hydroxylation is 1. The molecule has 0 aliphatic heterocycles. The van der Waals surface area contributed by atoms with Crippen LogP contribution in [0.4, 0.5) is 17.1 Å². The van der Waals surface area contributed by atoms with E-state index in [9.17, 15) is 8.42 Å². The Morgan fingerprint density at radius 3 is 1.43 bits per heavy atom. The summed E-state index contributed by atoms with van der Waals surface area (Å²) in [7, 11) is 4.10. The number of nitrogens with zero attached hydrogens (tertiary/aromatic N) is 2. The van der Waals surface area contributed by atoms with Gasteiger partial charge in [-0.05, 0) is 54.4 Å². The maximum Gasteiger partial charge on any atom is 0.244 e. The van der Waals surface area contributed by atoms with Gasteiger partial charge in [-0.15, -0.1) is 0 Å². The lowest BCUT2D eigenvalue weighted by Crippen LogP contribution is -2.22. The van der Waals surface area contributed by atoms with Crippen LogP contribution in [0.25, 0.3) is 0 Å². The van der Waals surface area contributed by atoms with E-state index in [0.29, 0.717) is 5.69 Å². The number of anilines is 3. The Hall–Kier alpha value is -2.99. The average molecular weight is 424 g/mol. The molecule has 0 amide bonds. The summed E-state index contributed by atoms with van der Waals surface area (Å²) in [6.07, 6.45) is 0. The minimum atomic E-state index is -3.74. The zero-order valence-electron chi connectivity index (χ0n) is 18.1. The zero-order valence-corrected chi connectivity index (χ0v) is 18.9. The number of rotatable bonds is 7. The summed E-state index contributed by atoms with van der Waals surface area (Å²) in [6, 6.07) is 22.7. The largest absolute Gasteiger partial charge is 0.378 e. The number of nitrogens with one attached hydrogen (secondary N) is 1. The summed E-state index contributed by atoms with van der Waals surface area (Å²) in [6.45, 7) is 1.97. The highest BCUT2D eigenvalue weighted by molar-refractivity contribution is 7.93. The van der Waals surface area contributed by atoms with Crippen molar-refractivity contribution in [3.63, 3.8) is 0 Å². The minimum absolute atomic E-state index is 0.556. The molecule has 0 spiro atoms. The van der Waals surface area contributed by atoms with Crippen molar-refractivity contribution < 1.29 is 8.42 Å². The molecule has 0 radical (unpaired) electrons. The quantitative estimate of drug-likeness (QED) is 0.601. The summed E-state index contributed by atoms with van der Waals surface area (Å²) < 4.78 is 29.8. The Morgan fingerprint density at radius 1 is 0.667 bits per heavy atom. The van der Waals surface area contributed by atoms with Gasteiger partial charge < -0.3 is 9.80 Å². The standard InChI is InChI=1S/C24H29N3O2S/c1-18-6-12-21(13-7-18)25-30(28,29)24(19-8-14-22(15-9-19)26(2)3)20-10-16-23(17-11-20)27(4)5/h6-17,24-25H,1-5H3. The Labute approximate surface area is 180 Å². The Bertz CT molecular complexity index is 1020. The van der Waals surface area contributed by atoms with Crippen molar-refractivity contribution in [1.29, 1.82) is 0 Å². The van der Waals surface area contributed by atoms with Crippen LogP contribution in [-0.2, 0) is 10.0 Å². The first-order chi connectivity index (χ1) is 14.2. The van der Waals surface area contributed by atoms with E-state index < -0.39 is 15.3 Å². The summed E-state index contributed by atoms with van der Waals surface area (Å²) >= 11 is 0. The van der Waals surface area contributed by atoms with Gasteiger partial charge in [0.25, 0.3) is 0 Å². The van der Waals surface area contributed by atoms with Crippen molar-refractivity contribution in [1.82, 2.24) is 0 Å². The average Bonchev–Trinajstić information content (AvgIpc) is 2.70. The molecular formula is C24H29N3O2S. The lowest BCUT2D eigenvalue weighted by Gasteiger charge is -2.22. The van der Waals surface area contributed by atoms with Crippen molar-refractivity contribution in [2.75, 3.05) is 42.7 Å². The van der Waals surface area contributed by atoms with E-state index in [0.717, 1.165) is 28.1 Å². The van der Waals surface area contributed by atoms with Crippen LogP contribution in [-0.4, -0.2) is 36.6 Å². The minimum Gasteiger partial charge on any atom is -0.378 e. The second-order valence-corrected chi connectivity index (χ2v) is 9.63. The van der Waals surface area contributed by atoms with E-state index >= 15 is 0 Å². The lowest BCUT2D eigenvalue weighted by atomic mass is 10.0. The monoisotopic (exact) mass is 423 g/mol. The van der Waals surface area contributed by atoms with Crippen LogP contribution in [0.3, 0.4) is 0 Å². The molecular weight excluding hydrogens is 394 g/mol. The van der Waals surface area contributed by atoms with Crippen molar-refractivity contribution in [3.05, 3.63) is 89.5 Å². The first kappa shape index (κ1) is 21.7. The first-order valence-electron chi connectivity index (χ1n) is 9.80. The highest BCUT2D eigenvalue weighted by atomic mass is 32.2. The maximum atomic E-state index is 13.5. The Morgan fingerprint density at radius 2 is 1.07 bits per heavy atom. The van der Waals surface area contributed by atoms with Crippen LogP contribution < -0.4 is 14.5 Å². The molecule has 3 rings (SSSR count). The number of sulfonamides is 1. The molecule has 0 saturated heterocycles. The van der Waals surface area contributed by atoms with Gasteiger partial charge in [0.1, 0.15) is 5.25 Å². The van der Waals surface area contributed by atoms with Gasteiger partial charge in [0.2, 0.25) is 10.0 Å². The third kappa shape index (κ3) is 4.94. The highest BCUT2D eigenvalue weighted by Crippen LogP contribution is 2.33. The molecule has 3 aromatic carbocycles. The van der Waals surface area contributed by atoms with E-state index in [1.807, 2.05) is 106 Å². The van der Waals surface area contributed by atoms with Gasteiger partial charge in [-0.3, -0.25) is 4.72 Å². The Balaban J connectivity index is 2.04. The van der Waals surface area contributed by atoms with Crippen LogP contribution >= 0.6 is 0 Å². The normalized spacial score (nSPS) is 11.4. The fourth-order valence-electron chi connectivity index (χ4n) is 3.29. The zero-order chi connectivity index (χ0) is 21.9. The maximum absolute atomic E-state index is 13.5. The van der Waals surface area contributed by atoms with Gasteiger partial charge in [0.05, 0.1) is 0 Å². The summed E-state index contributed by atoms with van der Waals surface area (Å²) in [5.74, 6) is 0. The fraction of sp³-hybridized carbons (Fsp3) is 0.250. The van der Waals surface area contributed by atoms with Crippen LogP contribution in [0.1, 0.15) is 21.9 Å². The molecule has 0 aliphatic rings. The number of hydrogen-bond donors (Lipinski definition) is 1. The molecule has 1 N–H and O–H groups in total. The van der Waals surface area contributed by atoms with E-state index in [4.69, 9.17) is 0 Å². The van der Waals surface area contributed by atoms with Crippen molar-refractivity contribution >= 4 is 27.1 Å². The Kier molecular flexibility index (Phi) is 6.37. The van der Waals surface area contributed by atoms with Crippen LogP contribution in [0.15, 0.2) is 72.8 Å². The topological polar surface area (TPSA) is 52.7 Å². The van der Waals surface area contributed by atoms with E-state index in [2.05, 4.69) is 4.72 Å². The smallest absolute Gasteiger partial charge is 0.244 e. The predicted molar refractivity (Wildman–Crippen MR) is 127 cm³/mol. The third-order valence-electron chi connectivity index (χ3n) is 5.05. The first-order valence-corrected chi connectivity index (χ1v) is 11.3. The SMILES string of the molecule is Cc1ccc(NS(=O)(=O)C(c2ccc(N(C)C)cc2)c2ccc(N(C)C)cc2)cc1. The molecule has 0 fully saturated rings. The number of benzene rings is 3. The molecule has 5 nitrogen and oxygen atoms in total. The van der Waals surface area contributed by atoms with Crippen molar-refractivity contribution in [2.45, 2.75) is 12.2 Å². The van der Waals surface area contributed by atoms with E-state index in [1.165, 1.54) is 0 Å². The molecule has 0 aliphatic carbocycles. The van der Waals surface area contributed by atoms with Crippen molar-refractivity contribution in [2.24, 2.45) is 0 Å². The summed E-state index contributed by atoms with van der Waals surface area (Å²) in [5, 5.41) is -0.828. The van der Waals surface area contributed by atoms with Crippen molar-refractivity contribution in [3.8, 4) is 0 Å². The van der Waals surface area contributed by atoms with Gasteiger partial charge in [0, 0.05) is 45.3 Å². The molecule has 158 valence electrons. The second-order valence-electron chi connectivity index (χ2n) is 7.87. The fourth-order valence-corrected chi connectivity index (χ4v) is 4.90. The van der Waals surface area contributed by atoms with Gasteiger partial charge in [0.15, 0.2) is 0 Å². The number of hydrogen-bond acceptors (Lipinski definition) is 4. The molecule has 0 atom stereocenters. The van der Waals surface area contributed by atoms with Crippen LogP contribution in [0, 0.1) is 6.92 Å². The molecule has 30 heavy (non-hydrogen) atoms. The molecule has 6 heteroatoms.